The molecule has 1 aromatic heterocycles. The fourth-order valence-electron chi connectivity index (χ4n) is 3.08. The van der Waals surface area contributed by atoms with Crippen molar-refractivity contribution in [1.29, 1.82) is 0 Å². The summed E-state index contributed by atoms with van der Waals surface area (Å²) >= 11 is 0. The van der Waals surface area contributed by atoms with Crippen molar-refractivity contribution in [2.75, 3.05) is 14.1 Å². The molecule has 0 atom stereocenters. The lowest BCUT2D eigenvalue weighted by molar-refractivity contribution is -0.120. The molecule has 0 radical (unpaired) electrons. The number of carbonyl (C=O) groups is 1. The van der Waals surface area contributed by atoms with Crippen LogP contribution < -0.4 is 5.32 Å². The molecule has 0 saturated heterocycles. The number of H-pyrrole nitrogens is 1. The van der Waals surface area contributed by atoms with Crippen molar-refractivity contribution < 1.29 is 13.2 Å². The molecule has 3 aromatic rings. The van der Waals surface area contributed by atoms with E-state index in [9.17, 15) is 13.2 Å². The molecule has 6 nitrogen and oxygen atoms in total. The van der Waals surface area contributed by atoms with Crippen LogP contribution in [0.15, 0.2) is 53.4 Å². The Morgan fingerprint density at radius 2 is 1.74 bits per heavy atom. The SMILES string of the molecule is Cc1[nH]c2ccccc2c1CC(=O)NCc1ccccc1S(=O)(=O)N(C)C. The molecule has 0 fully saturated rings. The maximum absolute atomic E-state index is 12.5. The summed E-state index contributed by atoms with van der Waals surface area (Å²) in [6.07, 6.45) is 0.235. The fourth-order valence-corrected chi connectivity index (χ4v) is 4.19. The van der Waals surface area contributed by atoms with Gasteiger partial charge in [-0.3, -0.25) is 4.79 Å². The zero-order valence-corrected chi connectivity index (χ0v) is 16.4. The molecule has 0 aliphatic carbocycles. The Hall–Kier alpha value is -2.64. The van der Waals surface area contributed by atoms with Gasteiger partial charge >= 0.3 is 0 Å². The Morgan fingerprint density at radius 1 is 1.07 bits per heavy atom. The van der Waals surface area contributed by atoms with Gasteiger partial charge in [0.1, 0.15) is 0 Å². The number of para-hydroxylation sites is 1. The molecule has 0 bridgehead atoms. The van der Waals surface area contributed by atoms with Crippen LogP contribution in [-0.2, 0) is 27.8 Å². The lowest BCUT2D eigenvalue weighted by Gasteiger charge is -2.15. The molecule has 7 heteroatoms. The smallest absolute Gasteiger partial charge is 0.242 e. The van der Waals surface area contributed by atoms with Crippen LogP contribution in [-0.4, -0.2) is 37.7 Å². The molecule has 0 aliphatic rings. The molecule has 0 aliphatic heterocycles. The van der Waals surface area contributed by atoms with E-state index in [1.54, 1.807) is 24.3 Å². The molecular formula is C20H23N3O3S. The molecule has 0 saturated carbocycles. The monoisotopic (exact) mass is 385 g/mol. The highest BCUT2D eigenvalue weighted by atomic mass is 32.2. The second-order valence-corrected chi connectivity index (χ2v) is 8.74. The van der Waals surface area contributed by atoms with Crippen LogP contribution in [0.1, 0.15) is 16.8 Å². The third kappa shape index (κ3) is 3.89. The van der Waals surface area contributed by atoms with Crippen molar-refractivity contribution in [1.82, 2.24) is 14.6 Å². The summed E-state index contributed by atoms with van der Waals surface area (Å²) in [5.41, 5.74) is 3.48. The van der Waals surface area contributed by atoms with Gasteiger partial charge in [-0.2, -0.15) is 0 Å². The number of aromatic nitrogens is 1. The maximum atomic E-state index is 12.5. The first-order chi connectivity index (χ1) is 12.8. The Labute approximate surface area is 159 Å². The fraction of sp³-hybridized carbons (Fsp3) is 0.250. The molecule has 0 spiro atoms. The number of fused-ring (bicyclic) bond motifs is 1. The van der Waals surface area contributed by atoms with Gasteiger partial charge in [0.05, 0.1) is 11.3 Å². The lowest BCUT2D eigenvalue weighted by atomic mass is 10.1. The number of rotatable bonds is 6. The highest BCUT2D eigenvalue weighted by Crippen LogP contribution is 2.22. The van der Waals surface area contributed by atoms with Gasteiger partial charge in [-0.25, -0.2) is 12.7 Å². The van der Waals surface area contributed by atoms with Crippen LogP contribution in [0.2, 0.25) is 0 Å². The van der Waals surface area contributed by atoms with Crippen LogP contribution >= 0.6 is 0 Å². The lowest BCUT2D eigenvalue weighted by Crippen LogP contribution is -2.28. The third-order valence-electron chi connectivity index (χ3n) is 4.57. The minimum Gasteiger partial charge on any atom is -0.358 e. The number of nitrogens with one attached hydrogen (secondary N) is 2. The number of sulfonamides is 1. The van der Waals surface area contributed by atoms with E-state index in [0.717, 1.165) is 22.2 Å². The first-order valence-corrected chi connectivity index (χ1v) is 10.1. The van der Waals surface area contributed by atoms with E-state index in [1.807, 2.05) is 31.2 Å². The van der Waals surface area contributed by atoms with E-state index >= 15 is 0 Å². The highest BCUT2D eigenvalue weighted by Gasteiger charge is 2.21. The van der Waals surface area contributed by atoms with Crippen molar-refractivity contribution in [2.45, 2.75) is 24.8 Å². The van der Waals surface area contributed by atoms with Crippen LogP contribution in [0, 0.1) is 6.92 Å². The van der Waals surface area contributed by atoms with Gasteiger partial charge in [-0.15, -0.1) is 0 Å². The number of hydrogen-bond donors (Lipinski definition) is 2. The van der Waals surface area contributed by atoms with Gasteiger partial charge in [0, 0.05) is 37.2 Å². The number of carbonyl (C=O) groups excluding carboxylic acids is 1. The quantitative estimate of drug-likeness (QED) is 0.684. The topological polar surface area (TPSA) is 82.3 Å². The molecule has 2 N–H and O–H groups in total. The molecule has 2 aromatic carbocycles. The number of nitrogens with zero attached hydrogens (tertiary/aromatic N) is 1. The molecule has 1 heterocycles. The Kier molecular flexibility index (Phi) is 5.34. The molecule has 1 amide bonds. The first kappa shape index (κ1) is 19.1. The first-order valence-electron chi connectivity index (χ1n) is 8.64. The van der Waals surface area contributed by atoms with Crippen molar-refractivity contribution in [3.05, 3.63) is 65.4 Å². The van der Waals surface area contributed by atoms with E-state index < -0.39 is 10.0 Å². The normalized spacial score (nSPS) is 11.9. The van der Waals surface area contributed by atoms with E-state index in [4.69, 9.17) is 0 Å². The predicted octanol–water partition coefficient (Wildman–Crippen LogP) is 2.59. The van der Waals surface area contributed by atoms with Gasteiger partial charge in [0.2, 0.25) is 15.9 Å². The van der Waals surface area contributed by atoms with Crippen molar-refractivity contribution in [3.8, 4) is 0 Å². The summed E-state index contributed by atoms with van der Waals surface area (Å²) in [4.78, 5) is 16.0. The summed E-state index contributed by atoms with van der Waals surface area (Å²) in [7, 11) is -0.583. The van der Waals surface area contributed by atoms with Crippen LogP contribution in [0.25, 0.3) is 10.9 Å². The average molecular weight is 385 g/mol. The van der Waals surface area contributed by atoms with Gasteiger partial charge < -0.3 is 10.3 Å². The largest absolute Gasteiger partial charge is 0.358 e. The summed E-state index contributed by atoms with van der Waals surface area (Å²) < 4.78 is 26.1. The standard InChI is InChI=1S/C20H23N3O3S/c1-14-17(16-9-5-6-10-18(16)22-14)12-20(24)21-13-15-8-4-7-11-19(15)27(25,26)23(2)3/h4-11,22H,12-13H2,1-3H3,(H,21,24). The summed E-state index contributed by atoms with van der Waals surface area (Å²) in [6.45, 7) is 2.10. The minimum absolute atomic E-state index is 0.153. The van der Waals surface area contributed by atoms with Gasteiger partial charge in [0.25, 0.3) is 0 Å². The van der Waals surface area contributed by atoms with Crippen molar-refractivity contribution in [2.24, 2.45) is 0 Å². The van der Waals surface area contributed by atoms with E-state index in [1.165, 1.54) is 18.4 Å². The molecule has 27 heavy (non-hydrogen) atoms. The second-order valence-electron chi connectivity index (χ2n) is 6.62. The zero-order valence-electron chi connectivity index (χ0n) is 15.6. The number of aromatic amines is 1. The van der Waals surface area contributed by atoms with Gasteiger partial charge in [-0.1, -0.05) is 36.4 Å². The Bertz CT molecular complexity index is 1080. The van der Waals surface area contributed by atoms with Gasteiger partial charge in [-0.05, 0) is 30.2 Å². The number of hydrogen-bond acceptors (Lipinski definition) is 3. The molecule has 142 valence electrons. The maximum Gasteiger partial charge on any atom is 0.242 e. The summed E-state index contributed by atoms with van der Waals surface area (Å²) in [5, 5.41) is 3.87. The molecule has 0 unspecified atom stereocenters. The van der Waals surface area contributed by atoms with Crippen molar-refractivity contribution in [3.63, 3.8) is 0 Å². The number of amides is 1. The van der Waals surface area contributed by atoms with Crippen molar-refractivity contribution >= 4 is 26.8 Å². The number of benzene rings is 2. The van der Waals surface area contributed by atoms with Crippen LogP contribution in [0.4, 0.5) is 0 Å². The molecular weight excluding hydrogens is 362 g/mol. The minimum atomic E-state index is -3.56. The zero-order chi connectivity index (χ0) is 19.6. The summed E-state index contributed by atoms with van der Waals surface area (Å²) in [5.74, 6) is -0.153. The highest BCUT2D eigenvalue weighted by molar-refractivity contribution is 7.89. The second kappa shape index (κ2) is 7.54. The van der Waals surface area contributed by atoms with E-state index in [-0.39, 0.29) is 23.8 Å². The van der Waals surface area contributed by atoms with E-state index in [2.05, 4.69) is 10.3 Å². The predicted molar refractivity (Wildman–Crippen MR) is 106 cm³/mol. The van der Waals surface area contributed by atoms with Crippen LogP contribution in [0.5, 0.6) is 0 Å². The summed E-state index contributed by atoms with van der Waals surface area (Å²) in [6, 6.07) is 14.6. The average Bonchev–Trinajstić information content (AvgIpc) is 2.95. The molecule has 3 rings (SSSR count). The van der Waals surface area contributed by atoms with Gasteiger partial charge in [0.15, 0.2) is 0 Å². The third-order valence-corrected chi connectivity index (χ3v) is 6.49. The Balaban J connectivity index is 1.76. The van der Waals surface area contributed by atoms with Crippen LogP contribution in [0.3, 0.4) is 0 Å². The Morgan fingerprint density at radius 3 is 2.48 bits per heavy atom. The number of aryl methyl sites for hydroxylation is 1. The van der Waals surface area contributed by atoms with E-state index in [0.29, 0.717) is 5.56 Å².